The van der Waals surface area contributed by atoms with Gasteiger partial charge in [-0.15, -0.1) is 24.0 Å². The Morgan fingerprint density at radius 3 is 2.75 bits per heavy atom. The van der Waals surface area contributed by atoms with Crippen molar-refractivity contribution in [3.8, 4) is 0 Å². The summed E-state index contributed by atoms with van der Waals surface area (Å²) in [5.41, 5.74) is 0. The van der Waals surface area contributed by atoms with E-state index in [1.54, 1.807) is 33.2 Å². The minimum absolute atomic E-state index is 0. The second-order valence-electron chi connectivity index (χ2n) is 5.07. The summed E-state index contributed by atoms with van der Waals surface area (Å²) in [5.74, 6) is 1.58. The van der Waals surface area contributed by atoms with E-state index in [1.807, 2.05) is 0 Å². The Morgan fingerprint density at radius 2 is 2.20 bits per heavy atom. The minimum Gasteiger partial charge on any atom is -0.384 e. The summed E-state index contributed by atoms with van der Waals surface area (Å²) in [5, 5.41) is 3.25. The normalized spacial score (nSPS) is 18.7. The number of likely N-dealkylation sites (tertiary alicyclic amines) is 1. The molecule has 1 heterocycles. The van der Waals surface area contributed by atoms with E-state index in [-0.39, 0.29) is 29.9 Å². The van der Waals surface area contributed by atoms with Gasteiger partial charge in [-0.25, -0.2) is 0 Å². The fourth-order valence-corrected chi connectivity index (χ4v) is 2.23. The molecular formula is C13H27IN4O2. The summed E-state index contributed by atoms with van der Waals surface area (Å²) >= 11 is 0. The van der Waals surface area contributed by atoms with Crippen molar-refractivity contribution in [1.82, 2.24) is 15.1 Å². The van der Waals surface area contributed by atoms with Crippen molar-refractivity contribution in [1.29, 1.82) is 0 Å². The molecule has 20 heavy (non-hydrogen) atoms. The number of nitrogens with zero attached hydrogens (tertiary/aromatic N) is 3. The summed E-state index contributed by atoms with van der Waals surface area (Å²) in [6.07, 6.45) is 1.62. The van der Waals surface area contributed by atoms with Gasteiger partial charge in [-0.05, 0) is 6.42 Å². The lowest BCUT2D eigenvalue weighted by Gasteiger charge is -2.22. The Balaban J connectivity index is 0.00000361. The summed E-state index contributed by atoms with van der Waals surface area (Å²) in [6.45, 7) is 3.38. The molecule has 0 aliphatic carbocycles. The lowest BCUT2D eigenvalue weighted by molar-refractivity contribution is -0.128. The van der Waals surface area contributed by atoms with Crippen LogP contribution in [0.5, 0.6) is 0 Å². The zero-order valence-corrected chi connectivity index (χ0v) is 15.2. The van der Waals surface area contributed by atoms with Gasteiger partial charge in [0.05, 0.1) is 6.61 Å². The third kappa shape index (κ3) is 6.25. The molecule has 0 aromatic carbocycles. The predicted octanol–water partition coefficient (Wildman–Crippen LogP) is 0.626. The number of halogens is 1. The highest BCUT2D eigenvalue weighted by molar-refractivity contribution is 14.0. The standard InChI is InChI=1S/C13H26N4O2.HI/c1-14-13(15-7-5-12(18)16(2)3)17-8-6-11(9-17)10-19-4;/h11H,5-10H2,1-4H3,(H,14,15);1H. The minimum atomic E-state index is 0. The number of hydrogen-bond donors (Lipinski definition) is 1. The van der Waals surface area contributed by atoms with E-state index in [0.717, 1.165) is 32.1 Å². The van der Waals surface area contributed by atoms with E-state index in [2.05, 4.69) is 15.2 Å². The maximum Gasteiger partial charge on any atom is 0.223 e. The number of aliphatic imine (C=N–C) groups is 1. The zero-order chi connectivity index (χ0) is 14.3. The Hall–Kier alpha value is -0.570. The molecule has 0 bridgehead atoms. The molecule has 1 fully saturated rings. The van der Waals surface area contributed by atoms with E-state index in [1.165, 1.54) is 0 Å². The van der Waals surface area contributed by atoms with Gasteiger partial charge in [0.1, 0.15) is 0 Å². The molecule has 1 atom stereocenters. The topological polar surface area (TPSA) is 57.2 Å². The van der Waals surface area contributed by atoms with E-state index in [9.17, 15) is 4.79 Å². The predicted molar refractivity (Wildman–Crippen MR) is 91.6 cm³/mol. The first-order valence-corrected chi connectivity index (χ1v) is 6.73. The van der Waals surface area contributed by atoms with Crippen molar-refractivity contribution >= 4 is 35.8 Å². The first-order chi connectivity index (χ1) is 9.08. The molecule has 1 N–H and O–H groups in total. The number of guanidine groups is 1. The molecule has 0 spiro atoms. The summed E-state index contributed by atoms with van der Waals surface area (Å²) in [4.78, 5) is 19.6. The van der Waals surface area contributed by atoms with Crippen LogP contribution in [0.3, 0.4) is 0 Å². The van der Waals surface area contributed by atoms with Crippen LogP contribution in [0.4, 0.5) is 0 Å². The van der Waals surface area contributed by atoms with Gasteiger partial charge in [-0.3, -0.25) is 9.79 Å². The van der Waals surface area contributed by atoms with Gasteiger partial charge in [0.25, 0.3) is 0 Å². The molecule has 1 amide bonds. The number of hydrogen-bond acceptors (Lipinski definition) is 3. The van der Waals surface area contributed by atoms with Gasteiger partial charge in [-0.2, -0.15) is 0 Å². The second kappa shape index (κ2) is 10.2. The molecule has 1 saturated heterocycles. The van der Waals surface area contributed by atoms with E-state index >= 15 is 0 Å². The first kappa shape index (κ1) is 19.4. The van der Waals surface area contributed by atoms with Crippen molar-refractivity contribution in [2.45, 2.75) is 12.8 Å². The van der Waals surface area contributed by atoms with Gasteiger partial charge >= 0.3 is 0 Å². The molecule has 0 aromatic rings. The lowest BCUT2D eigenvalue weighted by atomic mass is 10.1. The van der Waals surface area contributed by atoms with Gasteiger partial charge in [0.15, 0.2) is 5.96 Å². The van der Waals surface area contributed by atoms with Crippen LogP contribution in [-0.2, 0) is 9.53 Å². The number of methoxy groups -OCH3 is 1. The molecule has 1 aliphatic rings. The van der Waals surface area contributed by atoms with Crippen LogP contribution in [0.15, 0.2) is 4.99 Å². The maximum atomic E-state index is 11.5. The SMILES string of the molecule is CN=C(NCCC(=O)N(C)C)N1CCC(COC)C1.I. The Kier molecular flexibility index (Phi) is 9.91. The van der Waals surface area contributed by atoms with Crippen molar-refractivity contribution in [3.05, 3.63) is 0 Å². The van der Waals surface area contributed by atoms with Crippen molar-refractivity contribution in [2.24, 2.45) is 10.9 Å². The van der Waals surface area contributed by atoms with E-state index in [4.69, 9.17) is 4.74 Å². The smallest absolute Gasteiger partial charge is 0.223 e. The molecule has 0 saturated carbocycles. The number of amides is 1. The number of carbonyl (C=O) groups excluding carboxylic acids is 1. The molecule has 1 aliphatic heterocycles. The highest BCUT2D eigenvalue weighted by Crippen LogP contribution is 2.16. The maximum absolute atomic E-state index is 11.5. The number of carbonyl (C=O) groups is 1. The van der Waals surface area contributed by atoms with Crippen LogP contribution >= 0.6 is 24.0 Å². The second-order valence-corrected chi connectivity index (χ2v) is 5.07. The molecule has 118 valence electrons. The number of nitrogens with one attached hydrogen (secondary N) is 1. The van der Waals surface area contributed by atoms with Gasteiger partial charge in [-0.1, -0.05) is 0 Å². The quantitative estimate of drug-likeness (QED) is 0.419. The zero-order valence-electron chi connectivity index (χ0n) is 12.9. The number of ether oxygens (including phenoxy) is 1. The molecule has 0 aromatic heterocycles. The largest absolute Gasteiger partial charge is 0.384 e. The summed E-state index contributed by atoms with van der Waals surface area (Å²) < 4.78 is 5.19. The van der Waals surface area contributed by atoms with E-state index < -0.39 is 0 Å². The highest BCUT2D eigenvalue weighted by Gasteiger charge is 2.24. The third-order valence-corrected chi connectivity index (χ3v) is 3.32. The van der Waals surface area contributed by atoms with Crippen LogP contribution in [-0.4, -0.2) is 76.2 Å². The van der Waals surface area contributed by atoms with Gasteiger partial charge in [0, 0.05) is 60.2 Å². The molecule has 0 radical (unpaired) electrons. The third-order valence-electron chi connectivity index (χ3n) is 3.32. The molecule has 1 unspecified atom stereocenters. The Morgan fingerprint density at radius 1 is 1.50 bits per heavy atom. The lowest BCUT2D eigenvalue weighted by Crippen LogP contribution is -2.41. The molecule has 6 nitrogen and oxygen atoms in total. The van der Waals surface area contributed by atoms with Crippen molar-refractivity contribution in [2.75, 3.05) is 54.5 Å². The summed E-state index contributed by atoms with van der Waals surface area (Å²) in [6, 6.07) is 0. The van der Waals surface area contributed by atoms with Gasteiger partial charge < -0.3 is 19.9 Å². The summed E-state index contributed by atoms with van der Waals surface area (Å²) in [7, 11) is 7.06. The monoisotopic (exact) mass is 398 g/mol. The molecular weight excluding hydrogens is 371 g/mol. The van der Waals surface area contributed by atoms with Crippen LogP contribution in [0.25, 0.3) is 0 Å². The van der Waals surface area contributed by atoms with Crippen molar-refractivity contribution < 1.29 is 9.53 Å². The van der Waals surface area contributed by atoms with E-state index in [0.29, 0.717) is 18.9 Å². The molecule has 1 rings (SSSR count). The fourth-order valence-electron chi connectivity index (χ4n) is 2.23. The van der Waals surface area contributed by atoms with Crippen LogP contribution in [0.2, 0.25) is 0 Å². The Bertz CT molecular complexity index is 323. The Labute approximate surface area is 138 Å². The first-order valence-electron chi connectivity index (χ1n) is 6.73. The average molecular weight is 398 g/mol. The van der Waals surface area contributed by atoms with Gasteiger partial charge in [0.2, 0.25) is 5.91 Å². The van der Waals surface area contributed by atoms with Crippen LogP contribution < -0.4 is 5.32 Å². The van der Waals surface area contributed by atoms with Crippen LogP contribution in [0, 0.1) is 5.92 Å². The van der Waals surface area contributed by atoms with Crippen molar-refractivity contribution in [3.63, 3.8) is 0 Å². The highest BCUT2D eigenvalue weighted by atomic mass is 127. The van der Waals surface area contributed by atoms with Crippen LogP contribution in [0.1, 0.15) is 12.8 Å². The fraction of sp³-hybridized carbons (Fsp3) is 0.846. The average Bonchev–Trinajstić information content (AvgIpc) is 2.83. The number of rotatable bonds is 5. The molecule has 7 heteroatoms.